The quantitative estimate of drug-likeness (QED) is 0.0498. The number of carboxylic acids is 1. The predicted molar refractivity (Wildman–Crippen MR) is 209 cm³/mol. The molecule has 1 fully saturated rings. The van der Waals surface area contributed by atoms with Crippen LogP contribution in [0.4, 0.5) is 0 Å². The van der Waals surface area contributed by atoms with Gasteiger partial charge in [-0.05, 0) is 30.5 Å². The zero-order valence-electron chi connectivity index (χ0n) is 33.6. The Hall–Kier alpha value is -3.83. The highest BCUT2D eigenvalue weighted by molar-refractivity contribution is 6.30. The Morgan fingerprint density at radius 2 is 1.54 bits per heavy atom. The van der Waals surface area contributed by atoms with Crippen molar-refractivity contribution in [2.75, 3.05) is 65.9 Å². The molecule has 6 atom stereocenters. The van der Waals surface area contributed by atoms with Gasteiger partial charge in [0.15, 0.2) is 0 Å². The first kappa shape index (κ1) is 49.5. The Balaban J connectivity index is 1.33. The lowest BCUT2D eigenvalue weighted by Crippen LogP contribution is -2.68. The molecular weight excluding hydrogens is 800 g/mol. The minimum Gasteiger partial charge on any atom is -0.477 e. The van der Waals surface area contributed by atoms with Crippen molar-refractivity contribution < 1.29 is 68.0 Å². The number of nitrogens with zero attached hydrogens (tertiary/aromatic N) is 3. The number of aliphatic hydroxyl groups is 3. The number of amides is 3. The van der Waals surface area contributed by atoms with E-state index in [1.54, 1.807) is 35.1 Å². The van der Waals surface area contributed by atoms with E-state index in [4.69, 9.17) is 40.0 Å². The molecule has 59 heavy (non-hydrogen) atoms. The molecule has 0 bridgehead atoms. The number of benzene rings is 1. The molecule has 0 radical (unpaired) electrons. The molecule has 1 aliphatic heterocycles. The van der Waals surface area contributed by atoms with E-state index in [2.05, 4.69) is 26.3 Å². The summed E-state index contributed by atoms with van der Waals surface area (Å²) >= 11 is 5.89. The zero-order valence-corrected chi connectivity index (χ0v) is 34.3. The smallest absolute Gasteiger partial charge is 0.364 e. The third-order valence-electron chi connectivity index (χ3n) is 8.97. The van der Waals surface area contributed by atoms with Crippen LogP contribution in [0.15, 0.2) is 30.5 Å². The molecule has 0 unspecified atom stereocenters. The SMILES string of the molecule is CC(=O)NCCOCCOCCOCCOCc1cn(CCCCCCO[C@]2(C(=O)O)C[C@H](O)[C@@H](NC(C)=O)[C@H]([C@H](O)[C@H](O)CNC(=O)Cc3ccc(Cl)cc3)O2)nn1. The highest BCUT2D eigenvalue weighted by Gasteiger charge is 2.55. The molecule has 2 heterocycles. The first-order chi connectivity index (χ1) is 28.3. The summed E-state index contributed by atoms with van der Waals surface area (Å²) < 4.78 is 35.1. The molecule has 3 rings (SSSR count). The summed E-state index contributed by atoms with van der Waals surface area (Å²) in [6, 6.07) is 5.30. The van der Waals surface area contributed by atoms with Crippen molar-refractivity contribution in [3.05, 3.63) is 46.7 Å². The van der Waals surface area contributed by atoms with E-state index in [1.807, 2.05) is 0 Å². The van der Waals surface area contributed by atoms with Crippen molar-refractivity contribution >= 4 is 35.3 Å². The van der Waals surface area contributed by atoms with Crippen molar-refractivity contribution in [2.45, 2.75) is 102 Å². The van der Waals surface area contributed by atoms with E-state index in [0.717, 1.165) is 12.8 Å². The molecule has 0 saturated carbocycles. The molecule has 21 heteroatoms. The maximum Gasteiger partial charge on any atom is 0.364 e. The van der Waals surface area contributed by atoms with Crippen LogP contribution in [0, 0.1) is 0 Å². The number of hydrogen-bond acceptors (Lipinski definition) is 15. The number of rotatable bonds is 30. The normalized spacial score (nSPS) is 20.1. The number of carbonyl (C=O) groups excluding carboxylic acids is 3. The minimum atomic E-state index is -2.38. The van der Waals surface area contributed by atoms with Gasteiger partial charge in [0.25, 0.3) is 5.79 Å². The molecular formula is C38H59ClN6O14. The molecule has 0 aliphatic carbocycles. The fourth-order valence-electron chi connectivity index (χ4n) is 5.97. The van der Waals surface area contributed by atoms with Crippen LogP contribution in [0.5, 0.6) is 0 Å². The number of aliphatic hydroxyl groups excluding tert-OH is 3. The van der Waals surface area contributed by atoms with Gasteiger partial charge in [-0.3, -0.25) is 19.1 Å². The number of carboxylic acid groups (broad SMARTS) is 1. The summed E-state index contributed by atoms with van der Waals surface area (Å²) in [6.07, 6.45) is -2.84. The van der Waals surface area contributed by atoms with Crippen LogP contribution in [-0.2, 0) is 67.2 Å². The molecule has 7 N–H and O–H groups in total. The second-order valence-corrected chi connectivity index (χ2v) is 14.3. The van der Waals surface area contributed by atoms with Crippen molar-refractivity contribution in [1.29, 1.82) is 0 Å². The summed E-state index contributed by atoms with van der Waals surface area (Å²) in [4.78, 5) is 47.7. The third-order valence-corrected chi connectivity index (χ3v) is 9.23. The van der Waals surface area contributed by atoms with Gasteiger partial charge in [-0.1, -0.05) is 41.8 Å². The summed E-state index contributed by atoms with van der Waals surface area (Å²) in [5, 5.41) is 59.4. The van der Waals surface area contributed by atoms with Gasteiger partial charge in [-0.25, -0.2) is 4.79 Å². The number of nitrogens with one attached hydrogen (secondary N) is 3. The predicted octanol–water partition coefficient (Wildman–Crippen LogP) is -0.273. The maximum atomic E-state index is 12.5. The van der Waals surface area contributed by atoms with Crippen LogP contribution in [0.2, 0.25) is 5.02 Å². The Kier molecular flexibility index (Phi) is 22.8. The Morgan fingerprint density at radius 1 is 0.898 bits per heavy atom. The number of halogens is 1. The third kappa shape index (κ3) is 19.0. The van der Waals surface area contributed by atoms with E-state index < -0.39 is 67.0 Å². The van der Waals surface area contributed by atoms with Gasteiger partial charge >= 0.3 is 5.97 Å². The van der Waals surface area contributed by atoms with Gasteiger partial charge in [0, 0.05) is 44.9 Å². The molecule has 1 aliphatic rings. The Morgan fingerprint density at radius 3 is 2.19 bits per heavy atom. The average molecular weight is 859 g/mol. The van der Waals surface area contributed by atoms with Gasteiger partial charge in [-0.15, -0.1) is 5.10 Å². The van der Waals surface area contributed by atoms with Crippen molar-refractivity contribution in [3.8, 4) is 0 Å². The molecule has 20 nitrogen and oxygen atoms in total. The zero-order chi connectivity index (χ0) is 43.0. The van der Waals surface area contributed by atoms with Gasteiger partial charge in [0.05, 0.1) is 90.3 Å². The van der Waals surface area contributed by atoms with Crippen LogP contribution < -0.4 is 16.0 Å². The molecule has 1 saturated heterocycles. The highest BCUT2D eigenvalue weighted by Crippen LogP contribution is 2.34. The number of hydrogen-bond donors (Lipinski definition) is 7. The molecule has 1 aromatic carbocycles. The number of unbranched alkanes of at least 4 members (excludes halogenated alkanes) is 3. The first-order valence-corrected chi connectivity index (χ1v) is 20.0. The van der Waals surface area contributed by atoms with Crippen LogP contribution in [-0.4, -0.2) is 161 Å². The lowest BCUT2D eigenvalue weighted by atomic mass is 9.88. The van der Waals surface area contributed by atoms with Gasteiger partial charge < -0.3 is 64.8 Å². The summed E-state index contributed by atoms with van der Waals surface area (Å²) in [6.45, 7) is 6.38. The lowest BCUT2D eigenvalue weighted by molar-refractivity contribution is -0.310. The molecule has 2 aromatic rings. The van der Waals surface area contributed by atoms with Crippen LogP contribution in [0.1, 0.15) is 57.2 Å². The average Bonchev–Trinajstić information content (AvgIpc) is 3.65. The largest absolute Gasteiger partial charge is 0.477 e. The van der Waals surface area contributed by atoms with Gasteiger partial charge in [0.1, 0.15) is 17.9 Å². The molecule has 0 spiro atoms. The van der Waals surface area contributed by atoms with Crippen molar-refractivity contribution in [2.24, 2.45) is 0 Å². The number of ether oxygens (including phenoxy) is 6. The Bertz CT molecular complexity index is 1550. The minimum absolute atomic E-state index is 0.0284. The monoisotopic (exact) mass is 858 g/mol. The second-order valence-electron chi connectivity index (χ2n) is 13.9. The fourth-order valence-corrected chi connectivity index (χ4v) is 6.10. The Labute approximate surface area is 348 Å². The standard InChI is InChI=1S/C38H59ClN6O14/c1-26(46)40-11-14-54-15-16-55-17-18-56-19-20-57-25-30-24-45(44-43-30)12-5-3-4-6-13-58-38(37(52)53)22-31(48)34(42-27(2)47)36(59-38)35(51)32(49)23-41-33(50)21-28-7-9-29(39)10-8-28/h7-10,24,31-32,34-36,48-49,51H,3-6,11-23,25H2,1-2H3,(H,40,46)(H,41,50)(H,42,47)(H,52,53)/t31-,32+,34+,35+,36+,38+/m0/s1. The fraction of sp³-hybridized carbons (Fsp3) is 0.684. The van der Waals surface area contributed by atoms with E-state index in [9.17, 15) is 39.6 Å². The molecule has 332 valence electrons. The molecule has 1 aromatic heterocycles. The number of aryl methyl sites for hydroxylation is 1. The number of aliphatic carboxylic acids is 1. The van der Waals surface area contributed by atoms with Crippen molar-refractivity contribution in [3.63, 3.8) is 0 Å². The molecule has 3 amide bonds. The van der Waals surface area contributed by atoms with E-state index >= 15 is 0 Å². The maximum absolute atomic E-state index is 12.5. The van der Waals surface area contributed by atoms with E-state index in [1.165, 1.54) is 13.8 Å². The van der Waals surface area contributed by atoms with E-state index in [-0.39, 0.29) is 25.5 Å². The summed E-state index contributed by atoms with van der Waals surface area (Å²) in [7, 11) is 0. The van der Waals surface area contributed by atoms with Gasteiger partial charge in [-0.2, -0.15) is 0 Å². The lowest BCUT2D eigenvalue weighted by Gasteiger charge is -2.46. The number of aromatic nitrogens is 3. The van der Waals surface area contributed by atoms with Crippen LogP contribution in [0.25, 0.3) is 0 Å². The second kappa shape index (κ2) is 27.1. The van der Waals surface area contributed by atoms with Gasteiger partial charge in [0.2, 0.25) is 17.7 Å². The van der Waals surface area contributed by atoms with E-state index in [0.29, 0.717) is 88.5 Å². The number of carbonyl (C=O) groups is 4. The first-order valence-electron chi connectivity index (χ1n) is 19.6. The van der Waals surface area contributed by atoms with Crippen molar-refractivity contribution in [1.82, 2.24) is 30.9 Å². The van der Waals surface area contributed by atoms with Crippen LogP contribution in [0.3, 0.4) is 0 Å². The summed E-state index contributed by atoms with van der Waals surface area (Å²) in [5.41, 5.74) is 1.33. The topological polar surface area (TPSA) is 271 Å². The highest BCUT2D eigenvalue weighted by atomic mass is 35.5. The summed E-state index contributed by atoms with van der Waals surface area (Å²) in [5.74, 6) is -5.08. The van der Waals surface area contributed by atoms with Crippen LogP contribution >= 0.6 is 11.6 Å².